The average Bonchev–Trinajstić information content (AvgIpc) is 2.82. The molecule has 1 aliphatic rings. The summed E-state index contributed by atoms with van der Waals surface area (Å²) in [6.07, 6.45) is -1.34. The molecule has 1 aliphatic carbocycles. The van der Waals surface area contributed by atoms with E-state index in [1.165, 1.54) is 26.1 Å². The van der Waals surface area contributed by atoms with Gasteiger partial charge in [0.15, 0.2) is 10.8 Å². The SMILES string of the molecule is Cc1nn(C)c(S(=O)(=O)Nc2ccc3c(n2)CCCC3=O)c1C(F)F. The highest BCUT2D eigenvalue weighted by molar-refractivity contribution is 7.92. The number of sulfonamides is 1. The van der Waals surface area contributed by atoms with Crippen LogP contribution in [0.3, 0.4) is 0 Å². The number of aromatic nitrogens is 3. The summed E-state index contributed by atoms with van der Waals surface area (Å²) in [5.41, 5.74) is 0.288. The quantitative estimate of drug-likeness (QED) is 0.892. The van der Waals surface area contributed by atoms with E-state index in [1.807, 2.05) is 0 Å². The van der Waals surface area contributed by atoms with E-state index in [-0.39, 0.29) is 17.3 Å². The first-order chi connectivity index (χ1) is 11.7. The third-order valence-electron chi connectivity index (χ3n) is 4.02. The Morgan fingerprint density at radius 1 is 1.28 bits per heavy atom. The summed E-state index contributed by atoms with van der Waals surface area (Å²) in [7, 11) is -3.03. The van der Waals surface area contributed by atoms with Gasteiger partial charge in [0.2, 0.25) is 0 Å². The average molecular weight is 370 g/mol. The van der Waals surface area contributed by atoms with Crippen LogP contribution in [0.25, 0.3) is 0 Å². The largest absolute Gasteiger partial charge is 0.294 e. The van der Waals surface area contributed by atoms with E-state index in [9.17, 15) is 22.0 Å². The number of hydrogen-bond donors (Lipinski definition) is 1. The molecule has 2 aromatic rings. The molecule has 0 radical (unpaired) electrons. The summed E-state index contributed by atoms with van der Waals surface area (Å²) in [5, 5.41) is 3.17. The number of alkyl halides is 2. The number of rotatable bonds is 4. The molecule has 134 valence electrons. The van der Waals surface area contributed by atoms with E-state index in [4.69, 9.17) is 0 Å². The summed E-state index contributed by atoms with van der Waals surface area (Å²) in [6.45, 7) is 1.32. The Kier molecular flexibility index (Phi) is 4.31. The zero-order chi connectivity index (χ0) is 18.4. The Bertz CT molecular complexity index is 954. The van der Waals surface area contributed by atoms with Gasteiger partial charge in [0.05, 0.1) is 17.0 Å². The fourth-order valence-electron chi connectivity index (χ4n) is 2.96. The van der Waals surface area contributed by atoms with Crippen molar-refractivity contribution in [3.05, 3.63) is 34.6 Å². The number of Topliss-reactive ketones (excluding diaryl/α,β-unsaturated/α-hetero) is 1. The van der Waals surface area contributed by atoms with Crippen LogP contribution in [0.4, 0.5) is 14.6 Å². The standard InChI is InChI=1S/C15H16F2N4O3S/c1-8-13(14(16)17)15(21(2)19-8)25(23,24)20-12-7-6-9-10(18-12)4-3-5-11(9)22/h6-7,14H,3-5H2,1-2H3,(H,18,20). The Morgan fingerprint density at radius 2 is 2.00 bits per heavy atom. The van der Waals surface area contributed by atoms with Gasteiger partial charge >= 0.3 is 0 Å². The monoisotopic (exact) mass is 370 g/mol. The van der Waals surface area contributed by atoms with E-state index >= 15 is 0 Å². The summed E-state index contributed by atoms with van der Waals surface area (Å²) in [4.78, 5) is 16.0. The maximum atomic E-state index is 13.2. The number of carbonyl (C=O) groups is 1. The summed E-state index contributed by atoms with van der Waals surface area (Å²) in [6, 6.07) is 2.86. The van der Waals surface area contributed by atoms with Gasteiger partial charge in [0, 0.05) is 19.0 Å². The van der Waals surface area contributed by atoms with Crippen molar-refractivity contribution in [2.75, 3.05) is 4.72 Å². The lowest BCUT2D eigenvalue weighted by Gasteiger charge is -2.15. The Morgan fingerprint density at radius 3 is 2.68 bits per heavy atom. The van der Waals surface area contributed by atoms with Crippen LogP contribution < -0.4 is 4.72 Å². The maximum absolute atomic E-state index is 13.2. The minimum atomic E-state index is -4.32. The summed E-state index contributed by atoms with van der Waals surface area (Å²) >= 11 is 0. The van der Waals surface area contributed by atoms with E-state index in [1.54, 1.807) is 0 Å². The van der Waals surface area contributed by atoms with Crippen molar-refractivity contribution in [2.45, 2.75) is 37.6 Å². The molecule has 7 nitrogen and oxygen atoms in total. The molecule has 25 heavy (non-hydrogen) atoms. The fourth-order valence-corrected chi connectivity index (χ4v) is 4.36. The highest BCUT2D eigenvalue weighted by Crippen LogP contribution is 2.30. The van der Waals surface area contributed by atoms with Crippen LogP contribution in [0, 0.1) is 6.92 Å². The number of nitrogens with one attached hydrogen (secondary N) is 1. The molecule has 2 aromatic heterocycles. The van der Waals surface area contributed by atoms with Crippen LogP contribution in [0.15, 0.2) is 17.2 Å². The van der Waals surface area contributed by atoms with Gasteiger partial charge in [-0.25, -0.2) is 13.8 Å². The van der Waals surface area contributed by atoms with E-state index in [2.05, 4.69) is 14.8 Å². The maximum Gasteiger partial charge on any atom is 0.280 e. The number of fused-ring (bicyclic) bond motifs is 1. The van der Waals surface area contributed by atoms with Crippen molar-refractivity contribution in [2.24, 2.45) is 7.05 Å². The molecule has 0 atom stereocenters. The number of carbonyl (C=O) groups excluding carboxylic acids is 1. The molecule has 0 saturated carbocycles. The minimum Gasteiger partial charge on any atom is -0.294 e. The third kappa shape index (κ3) is 3.13. The van der Waals surface area contributed by atoms with E-state index < -0.39 is 27.0 Å². The van der Waals surface area contributed by atoms with E-state index in [0.29, 0.717) is 30.5 Å². The van der Waals surface area contributed by atoms with Gasteiger partial charge in [-0.1, -0.05) is 0 Å². The topological polar surface area (TPSA) is 93.9 Å². The number of hydrogen-bond acceptors (Lipinski definition) is 5. The lowest BCUT2D eigenvalue weighted by Crippen LogP contribution is -2.20. The first kappa shape index (κ1) is 17.5. The first-order valence-electron chi connectivity index (χ1n) is 7.58. The normalized spacial score (nSPS) is 14.7. The highest BCUT2D eigenvalue weighted by atomic mass is 32.2. The molecule has 1 N–H and O–H groups in total. The molecule has 0 unspecified atom stereocenters. The Balaban J connectivity index is 2.00. The lowest BCUT2D eigenvalue weighted by molar-refractivity contribution is 0.0971. The summed E-state index contributed by atoms with van der Waals surface area (Å²) < 4.78 is 54.8. The van der Waals surface area contributed by atoms with Crippen LogP contribution in [0.2, 0.25) is 0 Å². The van der Waals surface area contributed by atoms with Crippen LogP contribution in [0.5, 0.6) is 0 Å². The predicted molar refractivity (Wildman–Crippen MR) is 85.2 cm³/mol. The molecule has 0 aliphatic heterocycles. The van der Waals surface area contributed by atoms with Crippen LogP contribution in [0.1, 0.15) is 46.6 Å². The number of nitrogens with zero attached hydrogens (tertiary/aromatic N) is 3. The fraction of sp³-hybridized carbons (Fsp3) is 0.400. The second-order valence-electron chi connectivity index (χ2n) is 5.80. The number of anilines is 1. The number of halogens is 2. The van der Waals surface area contributed by atoms with Gasteiger partial charge in [-0.3, -0.25) is 14.2 Å². The zero-order valence-electron chi connectivity index (χ0n) is 13.6. The molecule has 0 spiro atoms. The van der Waals surface area contributed by atoms with Crippen molar-refractivity contribution in [1.29, 1.82) is 0 Å². The molecule has 0 bridgehead atoms. The van der Waals surface area contributed by atoms with Crippen molar-refractivity contribution < 1.29 is 22.0 Å². The number of pyridine rings is 1. The molecule has 0 aromatic carbocycles. The van der Waals surface area contributed by atoms with Gasteiger partial charge in [-0.15, -0.1) is 0 Å². The molecule has 3 rings (SSSR count). The molecule has 2 heterocycles. The van der Waals surface area contributed by atoms with Gasteiger partial charge in [-0.2, -0.15) is 13.5 Å². The molecule has 10 heteroatoms. The molecular formula is C15H16F2N4O3S. The first-order valence-corrected chi connectivity index (χ1v) is 9.06. The minimum absolute atomic E-state index is 0.0208. The van der Waals surface area contributed by atoms with Gasteiger partial charge in [-0.05, 0) is 31.9 Å². The molecular weight excluding hydrogens is 354 g/mol. The van der Waals surface area contributed by atoms with Crippen molar-refractivity contribution in [1.82, 2.24) is 14.8 Å². The smallest absolute Gasteiger partial charge is 0.280 e. The Hall–Kier alpha value is -2.36. The van der Waals surface area contributed by atoms with E-state index in [0.717, 1.165) is 4.68 Å². The predicted octanol–water partition coefficient (Wildman–Crippen LogP) is 2.38. The van der Waals surface area contributed by atoms with Gasteiger partial charge in [0.1, 0.15) is 5.82 Å². The van der Waals surface area contributed by atoms with Gasteiger partial charge in [0.25, 0.3) is 16.4 Å². The molecule has 0 fully saturated rings. The van der Waals surface area contributed by atoms with Gasteiger partial charge < -0.3 is 0 Å². The zero-order valence-corrected chi connectivity index (χ0v) is 14.4. The van der Waals surface area contributed by atoms with Crippen LogP contribution in [-0.4, -0.2) is 29.0 Å². The second-order valence-corrected chi connectivity index (χ2v) is 7.40. The van der Waals surface area contributed by atoms with Crippen LogP contribution in [-0.2, 0) is 23.5 Å². The lowest BCUT2D eigenvalue weighted by atomic mass is 9.95. The molecule has 0 amide bonds. The highest BCUT2D eigenvalue weighted by Gasteiger charge is 2.31. The second kappa shape index (κ2) is 6.17. The molecule has 0 saturated heterocycles. The number of ketones is 1. The van der Waals surface area contributed by atoms with Crippen LogP contribution >= 0.6 is 0 Å². The number of aryl methyl sites for hydroxylation is 3. The Labute approximate surface area is 143 Å². The van der Waals surface area contributed by atoms with Crippen molar-refractivity contribution in [3.8, 4) is 0 Å². The summed E-state index contributed by atoms with van der Waals surface area (Å²) in [5.74, 6) is -0.0575. The van der Waals surface area contributed by atoms with Crippen molar-refractivity contribution >= 4 is 21.6 Å². The van der Waals surface area contributed by atoms with Crippen molar-refractivity contribution in [3.63, 3.8) is 0 Å². The third-order valence-corrected chi connectivity index (χ3v) is 5.49.